The number of aliphatic carboxylic acids is 1. The fourth-order valence-electron chi connectivity index (χ4n) is 1.66. The van der Waals surface area contributed by atoms with E-state index in [4.69, 9.17) is 15.3 Å². The standard InChI is InChI=1S/C11H23NO4/c1-12(2,7-11(15)16)6-4-3-5-10(8-13)9-14/h10,13-14H,3-9H2,1-2H3/p+1. The van der Waals surface area contributed by atoms with E-state index in [0.29, 0.717) is 4.48 Å². The normalized spacial score (nSPS) is 12.1. The molecule has 3 N–H and O–H groups in total. The van der Waals surface area contributed by atoms with Gasteiger partial charge < -0.3 is 19.8 Å². The monoisotopic (exact) mass is 234 g/mol. The summed E-state index contributed by atoms with van der Waals surface area (Å²) >= 11 is 0. The second kappa shape index (κ2) is 7.60. The smallest absolute Gasteiger partial charge is 0.359 e. The summed E-state index contributed by atoms with van der Waals surface area (Å²) in [4.78, 5) is 10.6. The lowest BCUT2D eigenvalue weighted by Crippen LogP contribution is -2.44. The molecule has 0 spiro atoms. The van der Waals surface area contributed by atoms with Crippen LogP contribution >= 0.6 is 0 Å². The van der Waals surface area contributed by atoms with Crippen molar-refractivity contribution in [1.29, 1.82) is 0 Å². The molecule has 96 valence electrons. The Bertz CT molecular complexity index is 202. The average Bonchev–Trinajstić information content (AvgIpc) is 2.16. The Morgan fingerprint density at radius 1 is 1.19 bits per heavy atom. The predicted octanol–water partition coefficient (Wildman–Crippen LogP) is -0.0815. The van der Waals surface area contributed by atoms with Crippen LogP contribution in [0.3, 0.4) is 0 Å². The van der Waals surface area contributed by atoms with E-state index in [-0.39, 0.29) is 25.7 Å². The van der Waals surface area contributed by atoms with E-state index in [2.05, 4.69) is 0 Å². The van der Waals surface area contributed by atoms with Crippen LogP contribution in [0, 0.1) is 5.92 Å². The van der Waals surface area contributed by atoms with Crippen LogP contribution in [0.5, 0.6) is 0 Å². The van der Waals surface area contributed by atoms with Crippen LogP contribution in [-0.2, 0) is 4.79 Å². The molecular weight excluding hydrogens is 210 g/mol. The van der Waals surface area contributed by atoms with Crippen molar-refractivity contribution in [2.45, 2.75) is 19.3 Å². The molecule has 0 unspecified atom stereocenters. The lowest BCUT2D eigenvalue weighted by Gasteiger charge is -2.27. The molecule has 0 saturated heterocycles. The summed E-state index contributed by atoms with van der Waals surface area (Å²) in [5, 5.41) is 26.4. The van der Waals surface area contributed by atoms with Crippen LogP contribution in [0.4, 0.5) is 0 Å². The van der Waals surface area contributed by atoms with Crippen molar-refractivity contribution in [3.05, 3.63) is 0 Å². The summed E-state index contributed by atoms with van der Waals surface area (Å²) in [6.45, 7) is 0.965. The predicted molar refractivity (Wildman–Crippen MR) is 61.0 cm³/mol. The van der Waals surface area contributed by atoms with Gasteiger partial charge in [0.05, 0.1) is 20.6 Å². The molecule has 0 heterocycles. The second-order valence-electron chi connectivity index (χ2n) is 4.94. The van der Waals surface area contributed by atoms with Gasteiger partial charge in [0, 0.05) is 19.1 Å². The maximum atomic E-state index is 10.6. The molecule has 0 radical (unpaired) electrons. The lowest BCUT2D eigenvalue weighted by atomic mass is 10.0. The van der Waals surface area contributed by atoms with E-state index in [9.17, 15) is 4.79 Å². The number of hydrogen-bond acceptors (Lipinski definition) is 3. The zero-order valence-corrected chi connectivity index (χ0v) is 10.2. The van der Waals surface area contributed by atoms with Gasteiger partial charge in [0.1, 0.15) is 0 Å². The highest BCUT2D eigenvalue weighted by atomic mass is 16.4. The number of aliphatic hydroxyl groups excluding tert-OH is 2. The van der Waals surface area contributed by atoms with Crippen LogP contribution < -0.4 is 0 Å². The molecule has 0 saturated carbocycles. The number of hydrogen-bond donors (Lipinski definition) is 3. The van der Waals surface area contributed by atoms with Crippen LogP contribution in [0.25, 0.3) is 0 Å². The summed E-state index contributed by atoms with van der Waals surface area (Å²) in [5.74, 6) is -0.816. The molecule has 0 aromatic rings. The SMILES string of the molecule is C[N+](C)(CCCCC(CO)CO)CC(=O)O. The fraction of sp³-hybridized carbons (Fsp3) is 0.909. The minimum atomic E-state index is -0.784. The number of unbranched alkanes of at least 4 members (excludes halogenated alkanes) is 1. The zero-order valence-electron chi connectivity index (χ0n) is 10.2. The Morgan fingerprint density at radius 3 is 2.19 bits per heavy atom. The Hall–Kier alpha value is -0.650. The highest BCUT2D eigenvalue weighted by molar-refractivity contribution is 5.67. The summed E-state index contributed by atoms with van der Waals surface area (Å²) in [6.07, 6.45) is 2.62. The number of likely N-dealkylation sites (N-methyl/N-ethyl adjacent to an activating group) is 1. The number of carboxylic acid groups (broad SMARTS) is 1. The van der Waals surface area contributed by atoms with Gasteiger partial charge >= 0.3 is 5.97 Å². The molecular formula is C11H24NO4+. The third kappa shape index (κ3) is 7.62. The first kappa shape index (κ1) is 15.3. The number of nitrogens with zero attached hydrogens (tertiary/aromatic N) is 1. The summed E-state index contributed by atoms with van der Waals surface area (Å²) in [6, 6.07) is 0. The third-order valence-corrected chi connectivity index (χ3v) is 2.71. The Labute approximate surface area is 96.9 Å². The van der Waals surface area contributed by atoms with E-state index < -0.39 is 5.97 Å². The quantitative estimate of drug-likeness (QED) is 0.385. The zero-order chi connectivity index (χ0) is 12.6. The largest absolute Gasteiger partial charge is 0.477 e. The first-order valence-electron chi connectivity index (χ1n) is 5.67. The van der Waals surface area contributed by atoms with Gasteiger partial charge in [-0.3, -0.25) is 0 Å². The van der Waals surface area contributed by atoms with E-state index in [1.54, 1.807) is 0 Å². The van der Waals surface area contributed by atoms with Gasteiger partial charge in [0.25, 0.3) is 0 Å². The molecule has 5 nitrogen and oxygen atoms in total. The first-order chi connectivity index (χ1) is 7.41. The molecule has 0 rings (SSSR count). The molecule has 0 fully saturated rings. The molecule has 0 bridgehead atoms. The number of carboxylic acids is 1. The minimum absolute atomic E-state index is 0.0177. The maximum absolute atomic E-state index is 10.6. The van der Waals surface area contributed by atoms with Gasteiger partial charge in [-0.2, -0.15) is 0 Å². The topological polar surface area (TPSA) is 77.8 Å². The van der Waals surface area contributed by atoms with Crippen molar-refractivity contribution >= 4 is 5.97 Å². The Morgan fingerprint density at radius 2 is 1.75 bits per heavy atom. The molecule has 0 aliphatic carbocycles. The molecule has 0 aromatic heterocycles. The minimum Gasteiger partial charge on any atom is -0.477 e. The summed E-state index contributed by atoms with van der Waals surface area (Å²) < 4.78 is 0.470. The maximum Gasteiger partial charge on any atom is 0.359 e. The highest BCUT2D eigenvalue weighted by Gasteiger charge is 2.18. The van der Waals surface area contributed by atoms with Crippen molar-refractivity contribution in [2.24, 2.45) is 5.92 Å². The van der Waals surface area contributed by atoms with Gasteiger partial charge in [-0.15, -0.1) is 0 Å². The van der Waals surface area contributed by atoms with Gasteiger partial charge in [-0.05, 0) is 19.3 Å². The highest BCUT2D eigenvalue weighted by Crippen LogP contribution is 2.09. The molecule has 0 aliphatic rings. The molecule has 0 aromatic carbocycles. The van der Waals surface area contributed by atoms with E-state index in [1.165, 1.54) is 0 Å². The van der Waals surface area contributed by atoms with Crippen LogP contribution in [-0.4, -0.2) is 66.2 Å². The van der Waals surface area contributed by atoms with Crippen molar-refractivity contribution in [3.8, 4) is 0 Å². The Kier molecular flexibility index (Phi) is 7.29. The third-order valence-electron chi connectivity index (χ3n) is 2.71. The van der Waals surface area contributed by atoms with Gasteiger partial charge in [-0.1, -0.05) is 0 Å². The second-order valence-corrected chi connectivity index (χ2v) is 4.94. The van der Waals surface area contributed by atoms with Crippen LogP contribution in [0.2, 0.25) is 0 Å². The van der Waals surface area contributed by atoms with Crippen LogP contribution in [0.15, 0.2) is 0 Å². The first-order valence-corrected chi connectivity index (χ1v) is 5.67. The fourth-order valence-corrected chi connectivity index (χ4v) is 1.66. The lowest BCUT2D eigenvalue weighted by molar-refractivity contribution is -0.883. The van der Waals surface area contributed by atoms with Crippen molar-refractivity contribution in [2.75, 3.05) is 40.4 Å². The van der Waals surface area contributed by atoms with E-state index in [0.717, 1.165) is 25.8 Å². The van der Waals surface area contributed by atoms with E-state index >= 15 is 0 Å². The van der Waals surface area contributed by atoms with Gasteiger partial charge in [-0.25, -0.2) is 4.79 Å². The molecule has 0 amide bonds. The van der Waals surface area contributed by atoms with Crippen molar-refractivity contribution in [1.82, 2.24) is 0 Å². The number of aliphatic hydroxyl groups is 2. The van der Waals surface area contributed by atoms with Gasteiger partial charge in [0.15, 0.2) is 6.54 Å². The molecule has 0 aliphatic heterocycles. The Balaban J connectivity index is 3.68. The summed E-state index contributed by atoms with van der Waals surface area (Å²) in [5.41, 5.74) is 0. The van der Waals surface area contributed by atoms with E-state index in [1.807, 2.05) is 14.1 Å². The summed E-state index contributed by atoms with van der Waals surface area (Å²) in [7, 11) is 3.79. The molecule has 16 heavy (non-hydrogen) atoms. The van der Waals surface area contributed by atoms with Crippen molar-refractivity contribution in [3.63, 3.8) is 0 Å². The molecule has 5 heteroatoms. The van der Waals surface area contributed by atoms with Crippen LogP contribution in [0.1, 0.15) is 19.3 Å². The number of carbonyl (C=O) groups is 1. The number of rotatable bonds is 9. The van der Waals surface area contributed by atoms with Crippen molar-refractivity contribution < 1.29 is 24.6 Å². The average molecular weight is 234 g/mol. The number of quaternary nitrogens is 1. The van der Waals surface area contributed by atoms with Gasteiger partial charge in [0.2, 0.25) is 0 Å². The molecule has 0 atom stereocenters.